The smallest absolute Gasteiger partial charge is 0.432 e. The van der Waals surface area contributed by atoms with E-state index in [1.54, 1.807) is 45.5 Å². The molecule has 0 unspecified atom stereocenters. The van der Waals surface area contributed by atoms with Crippen molar-refractivity contribution in [3.63, 3.8) is 0 Å². The molecule has 0 saturated heterocycles. The molecule has 0 spiro atoms. The molecular formula is C19H32N5O10P. The maximum atomic E-state index is 13.1. The molecule has 3 N–H and O–H groups in total. The number of hydrogen-bond donors (Lipinski definition) is 2. The van der Waals surface area contributed by atoms with Gasteiger partial charge in [0.15, 0.2) is 0 Å². The van der Waals surface area contributed by atoms with Crippen LogP contribution in [0.5, 0.6) is 0 Å². The van der Waals surface area contributed by atoms with E-state index in [1.165, 1.54) is 0 Å². The van der Waals surface area contributed by atoms with Crippen molar-refractivity contribution < 1.29 is 46.9 Å². The van der Waals surface area contributed by atoms with Gasteiger partial charge in [-0.25, -0.2) is 19.6 Å². The van der Waals surface area contributed by atoms with E-state index in [0.717, 1.165) is 0 Å². The quantitative estimate of drug-likeness (QED) is 0.219. The number of hydrogen-bond acceptors (Lipinski definition) is 14. The summed E-state index contributed by atoms with van der Waals surface area (Å²) in [6, 6.07) is 0. The zero-order valence-electron chi connectivity index (χ0n) is 20.3. The second kappa shape index (κ2) is 13.3. The number of carbonyl (C=O) groups is 2. The number of aromatic nitrogens is 2. The lowest BCUT2D eigenvalue weighted by Crippen LogP contribution is -2.25. The minimum Gasteiger partial charge on any atom is -0.432 e. The van der Waals surface area contributed by atoms with Crippen LogP contribution in [0.4, 0.5) is 15.4 Å². The first-order valence-corrected chi connectivity index (χ1v) is 12.5. The fourth-order valence-electron chi connectivity index (χ4n) is 2.59. The number of imidazole rings is 1. The molecule has 0 aromatic carbocycles. The third-order valence-corrected chi connectivity index (χ3v) is 5.53. The number of rotatable bonds is 13. The summed E-state index contributed by atoms with van der Waals surface area (Å²) in [5.74, 6) is 1.00. The number of nitrogens with one attached hydrogen (secondary N) is 1. The van der Waals surface area contributed by atoms with Crippen molar-refractivity contribution in [3.05, 3.63) is 12.0 Å². The molecule has 0 bridgehead atoms. The van der Waals surface area contributed by atoms with Gasteiger partial charge >= 0.3 is 19.9 Å². The van der Waals surface area contributed by atoms with Crippen LogP contribution in [0.2, 0.25) is 0 Å². The van der Waals surface area contributed by atoms with Crippen LogP contribution in [0, 0.1) is 0 Å². The summed E-state index contributed by atoms with van der Waals surface area (Å²) in [5, 5.41) is 3.08. The van der Waals surface area contributed by atoms with E-state index in [0.29, 0.717) is 30.6 Å². The Morgan fingerprint density at radius 3 is 2.20 bits per heavy atom. The molecule has 0 aliphatic carbocycles. The Morgan fingerprint density at radius 2 is 1.66 bits per heavy atom. The minimum absolute atomic E-state index is 0.315. The molecule has 1 atom stereocenters. The van der Waals surface area contributed by atoms with E-state index in [9.17, 15) is 14.2 Å². The van der Waals surface area contributed by atoms with Crippen molar-refractivity contribution >= 4 is 31.6 Å². The van der Waals surface area contributed by atoms with Crippen LogP contribution >= 0.6 is 7.60 Å². The maximum absolute atomic E-state index is 13.1. The van der Waals surface area contributed by atoms with Gasteiger partial charge in [0, 0.05) is 0 Å². The fraction of sp³-hybridized carbons (Fsp3) is 0.684. The summed E-state index contributed by atoms with van der Waals surface area (Å²) in [4.78, 5) is 31.3. The first kappa shape index (κ1) is 28.4. The number of carbonyl (C=O) groups excluding carboxylic acids is 2. The van der Waals surface area contributed by atoms with E-state index in [4.69, 9.17) is 38.5 Å². The molecule has 35 heavy (non-hydrogen) atoms. The fourth-order valence-corrected chi connectivity index (χ4v) is 3.68. The second-order valence-corrected chi connectivity index (χ2v) is 9.80. The molecule has 1 aliphatic rings. The lowest BCUT2D eigenvalue weighted by Gasteiger charge is -2.22. The number of amidine groups is 1. The van der Waals surface area contributed by atoms with E-state index < -0.39 is 58.2 Å². The highest BCUT2D eigenvalue weighted by molar-refractivity contribution is 7.53. The number of nitrogens with two attached hydrogens (primary N) is 1. The molecule has 16 heteroatoms. The molecule has 0 radical (unpaired) electrons. The van der Waals surface area contributed by atoms with Crippen LogP contribution in [-0.4, -0.2) is 72.6 Å². The van der Waals surface area contributed by atoms with Crippen molar-refractivity contribution in [1.82, 2.24) is 9.55 Å². The summed E-state index contributed by atoms with van der Waals surface area (Å²) in [6.07, 6.45) is -2.32. The molecular weight excluding hydrogens is 489 g/mol. The summed E-state index contributed by atoms with van der Waals surface area (Å²) in [7, 11) is -4.04. The maximum Gasteiger partial charge on any atom is 0.510 e. The molecule has 1 aromatic rings. The largest absolute Gasteiger partial charge is 0.510 e. The Bertz CT molecular complexity index is 903. The Balaban J connectivity index is 1.93. The summed E-state index contributed by atoms with van der Waals surface area (Å²) >= 11 is 0. The average molecular weight is 521 g/mol. The molecule has 0 fully saturated rings. The second-order valence-electron chi connectivity index (χ2n) is 7.81. The van der Waals surface area contributed by atoms with Gasteiger partial charge in [-0.05, 0) is 34.6 Å². The van der Waals surface area contributed by atoms with Crippen LogP contribution in [0.15, 0.2) is 11.3 Å². The Morgan fingerprint density at radius 1 is 1.09 bits per heavy atom. The molecule has 0 amide bonds. The van der Waals surface area contributed by atoms with E-state index >= 15 is 0 Å². The van der Waals surface area contributed by atoms with E-state index in [-0.39, 0.29) is 0 Å². The predicted molar refractivity (Wildman–Crippen MR) is 122 cm³/mol. The third kappa shape index (κ3) is 9.72. The van der Waals surface area contributed by atoms with Crippen LogP contribution < -0.4 is 11.1 Å². The highest BCUT2D eigenvalue weighted by Crippen LogP contribution is 2.48. The summed E-state index contributed by atoms with van der Waals surface area (Å²) in [5.41, 5.74) is 6.36. The van der Waals surface area contributed by atoms with Crippen molar-refractivity contribution in [2.45, 2.75) is 59.5 Å². The van der Waals surface area contributed by atoms with Gasteiger partial charge in [0.1, 0.15) is 30.4 Å². The van der Waals surface area contributed by atoms with Crippen molar-refractivity contribution in [2.24, 2.45) is 10.7 Å². The standard InChI is InChI=1S/C19H32N5O10P/c1-12(2)33-18(25)28-9-31-35(27,32-10-29-19(26)34-13(3)4)11-30-14(5)6-24-8-23-15-16(20)21-7-22-17(15)24/h8,12-14,22H,6-7,9-11H2,1-5H3,(H2,20,21)/t14-/m1/s1. The van der Waals surface area contributed by atoms with Crippen molar-refractivity contribution in [1.29, 1.82) is 0 Å². The molecule has 2 rings (SSSR count). The first-order chi connectivity index (χ1) is 16.5. The topological polar surface area (TPSA) is 184 Å². The number of anilines is 1. The SMILES string of the molecule is CC(C)OC(=O)OCOP(=O)(CO[C@H](C)Cn1cnc2c1NCN=C2N)OCOC(=O)OC(C)C. The predicted octanol–water partition coefficient (Wildman–Crippen LogP) is 2.60. The van der Waals surface area contributed by atoms with Crippen molar-refractivity contribution in [2.75, 3.05) is 31.9 Å². The average Bonchev–Trinajstić information content (AvgIpc) is 3.15. The monoisotopic (exact) mass is 521 g/mol. The van der Waals surface area contributed by atoms with Gasteiger partial charge in [-0.3, -0.25) is 13.6 Å². The normalized spacial score (nSPS) is 14.1. The minimum atomic E-state index is -4.04. The molecule has 2 heterocycles. The highest BCUT2D eigenvalue weighted by Gasteiger charge is 2.29. The Labute approximate surface area is 202 Å². The number of nitrogens with zero attached hydrogens (tertiary/aromatic N) is 3. The Kier molecular flexibility index (Phi) is 10.8. The highest BCUT2D eigenvalue weighted by atomic mass is 31.2. The third-order valence-electron chi connectivity index (χ3n) is 4.06. The lowest BCUT2D eigenvalue weighted by atomic mass is 10.3. The van der Waals surface area contributed by atoms with Gasteiger partial charge in [0.2, 0.25) is 13.6 Å². The van der Waals surface area contributed by atoms with Gasteiger partial charge in [0.25, 0.3) is 0 Å². The molecule has 1 aliphatic heterocycles. The van der Waals surface area contributed by atoms with Crippen LogP contribution in [0.1, 0.15) is 40.3 Å². The number of ether oxygens (including phenoxy) is 5. The Hall–Kier alpha value is -2.87. The van der Waals surface area contributed by atoms with Crippen LogP contribution in [0.25, 0.3) is 0 Å². The van der Waals surface area contributed by atoms with Crippen LogP contribution in [0.3, 0.4) is 0 Å². The van der Waals surface area contributed by atoms with Gasteiger partial charge in [-0.1, -0.05) is 0 Å². The van der Waals surface area contributed by atoms with E-state index in [1.807, 2.05) is 0 Å². The number of aliphatic imine (C=N–C) groups is 1. The molecule has 0 saturated carbocycles. The first-order valence-electron chi connectivity index (χ1n) is 10.7. The molecule has 15 nitrogen and oxygen atoms in total. The van der Waals surface area contributed by atoms with Crippen molar-refractivity contribution in [3.8, 4) is 0 Å². The van der Waals surface area contributed by atoms with Gasteiger partial charge in [-0.15, -0.1) is 0 Å². The zero-order chi connectivity index (χ0) is 26.0. The molecule has 1 aromatic heterocycles. The van der Waals surface area contributed by atoms with Gasteiger partial charge in [-0.2, -0.15) is 0 Å². The summed E-state index contributed by atoms with van der Waals surface area (Å²) < 4.78 is 49.8. The van der Waals surface area contributed by atoms with E-state index in [2.05, 4.69) is 15.3 Å². The van der Waals surface area contributed by atoms with Gasteiger partial charge in [0.05, 0.1) is 31.2 Å². The lowest BCUT2D eigenvalue weighted by molar-refractivity contribution is -0.0369. The van der Waals surface area contributed by atoms with Gasteiger partial charge < -0.3 is 39.3 Å². The zero-order valence-corrected chi connectivity index (χ0v) is 21.2. The number of fused-ring (bicyclic) bond motifs is 1. The molecule has 198 valence electrons. The summed E-state index contributed by atoms with van der Waals surface area (Å²) in [6.45, 7) is 7.40. The van der Waals surface area contributed by atoms with Crippen LogP contribution in [-0.2, 0) is 43.8 Å².